The van der Waals surface area contributed by atoms with Crippen molar-refractivity contribution in [2.75, 3.05) is 18.4 Å². The van der Waals surface area contributed by atoms with Crippen molar-refractivity contribution in [3.63, 3.8) is 0 Å². The summed E-state index contributed by atoms with van der Waals surface area (Å²) in [6.45, 7) is 3.28. The standard InChI is InChI=1S/C18H21FN4O/c1-2-17-20-10-13(11-21-17)18(24)23-8-4-7-16(12-23)22-15-6-3-5-14(19)9-15/h3,5-6,9-11,16,22H,2,4,7-8,12H2,1H3. The number of halogens is 1. The number of aromatic nitrogens is 2. The Kier molecular flexibility index (Phi) is 5.03. The van der Waals surface area contributed by atoms with Gasteiger partial charge in [-0.2, -0.15) is 0 Å². The topological polar surface area (TPSA) is 58.1 Å². The summed E-state index contributed by atoms with van der Waals surface area (Å²) in [5.74, 6) is 0.413. The SMILES string of the molecule is CCc1ncc(C(=O)N2CCCC(Nc3cccc(F)c3)C2)cn1. The second kappa shape index (κ2) is 7.38. The predicted molar refractivity (Wildman–Crippen MR) is 90.4 cm³/mol. The van der Waals surface area contributed by atoms with E-state index in [-0.39, 0.29) is 17.8 Å². The third kappa shape index (κ3) is 3.88. The summed E-state index contributed by atoms with van der Waals surface area (Å²) in [6.07, 6.45) is 5.80. The normalized spacial score (nSPS) is 17.6. The molecule has 1 aromatic carbocycles. The Morgan fingerprint density at radius 2 is 2.17 bits per heavy atom. The minimum absolute atomic E-state index is 0.0524. The average molecular weight is 328 g/mol. The van der Waals surface area contributed by atoms with Gasteiger partial charge in [-0.3, -0.25) is 4.79 Å². The first-order valence-corrected chi connectivity index (χ1v) is 8.28. The van der Waals surface area contributed by atoms with Gasteiger partial charge in [-0.15, -0.1) is 0 Å². The Hall–Kier alpha value is -2.50. The van der Waals surface area contributed by atoms with Crippen LogP contribution in [0.2, 0.25) is 0 Å². The highest BCUT2D eigenvalue weighted by Gasteiger charge is 2.24. The molecule has 0 spiro atoms. The van der Waals surface area contributed by atoms with E-state index in [0.29, 0.717) is 12.1 Å². The molecule has 0 radical (unpaired) electrons. The second-order valence-corrected chi connectivity index (χ2v) is 5.99. The molecule has 1 atom stereocenters. The Morgan fingerprint density at radius 1 is 1.38 bits per heavy atom. The molecule has 1 saturated heterocycles. The van der Waals surface area contributed by atoms with E-state index in [0.717, 1.165) is 37.3 Å². The molecule has 6 heteroatoms. The number of hydrogen-bond acceptors (Lipinski definition) is 4. The first-order valence-electron chi connectivity index (χ1n) is 8.28. The van der Waals surface area contributed by atoms with Crippen LogP contribution in [0, 0.1) is 5.82 Å². The molecule has 0 bridgehead atoms. The van der Waals surface area contributed by atoms with E-state index < -0.39 is 0 Å². The minimum Gasteiger partial charge on any atom is -0.380 e. The number of carbonyl (C=O) groups is 1. The lowest BCUT2D eigenvalue weighted by molar-refractivity contribution is 0.0714. The van der Waals surface area contributed by atoms with Crippen molar-refractivity contribution in [1.82, 2.24) is 14.9 Å². The second-order valence-electron chi connectivity index (χ2n) is 5.99. The molecule has 0 aliphatic carbocycles. The van der Waals surface area contributed by atoms with Gasteiger partial charge in [0.15, 0.2) is 0 Å². The number of nitrogens with zero attached hydrogens (tertiary/aromatic N) is 3. The summed E-state index contributed by atoms with van der Waals surface area (Å²) in [5.41, 5.74) is 1.25. The van der Waals surface area contributed by atoms with Crippen LogP contribution in [0.1, 0.15) is 35.9 Å². The molecule has 1 aliphatic rings. The summed E-state index contributed by atoms with van der Waals surface area (Å²) < 4.78 is 13.3. The van der Waals surface area contributed by atoms with Crippen LogP contribution in [-0.2, 0) is 6.42 Å². The summed E-state index contributed by atoms with van der Waals surface area (Å²) >= 11 is 0. The molecule has 0 saturated carbocycles. The van der Waals surface area contributed by atoms with E-state index in [1.807, 2.05) is 17.9 Å². The van der Waals surface area contributed by atoms with Gasteiger partial charge < -0.3 is 10.2 Å². The lowest BCUT2D eigenvalue weighted by atomic mass is 10.0. The van der Waals surface area contributed by atoms with Gasteiger partial charge in [-0.05, 0) is 31.0 Å². The van der Waals surface area contributed by atoms with Gasteiger partial charge in [-0.1, -0.05) is 13.0 Å². The van der Waals surface area contributed by atoms with Crippen LogP contribution in [0.25, 0.3) is 0 Å². The number of piperidine rings is 1. The van der Waals surface area contributed by atoms with Gasteiger partial charge in [0, 0.05) is 43.6 Å². The number of nitrogens with one attached hydrogen (secondary N) is 1. The maximum Gasteiger partial charge on any atom is 0.257 e. The summed E-state index contributed by atoms with van der Waals surface area (Å²) in [6, 6.07) is 6.51. The van der Waals surface area contributed by atoms with Crippen LogP contribution in [0.3, 0.4) is 0 Å². The highest BCUT2D eigenvalue weighted by atomic mass is 19.1. The Labute approximate surface area is 140 Å². The number of anilines is 1. The van der Waals surface area contributed by atoms with Crippen LogP contribution >= 0.6 is 0 Å². The van der Waals surface area contributed by atoms with E-state index in [1.54, 1.807) is 18.5 Å². The highest BCUT2D eigenvalue weighted by molar-refractivity contribution is 5.93. The number of benzene rings is 1. The zero-order chi connectivity index (χ0) is 16.9. The predicted octanol–water partition coefficient (Wildman–Crippen LogP) is 2.89. The number of aryl methyl sites for hydroxylation is 1. The van der Waals surface area contributed by atoms with E-state index in [1.165, 1.54) is 12.1 Å². The minimum atomic E-state index is -0.267. The van der Waals surface area contributed by atoms with Gasteiger partial charge in [0.2, 0.25) is 0 Å². The number of carbonyl (C=O) groups excluding carboxylic acids is 1. The van der Waals surface area contributed by atoms with E-state index in [9.17, 15) is 9.18 Å². The number of likely N-dealkylation sites (tertiary alicyclic amines) is 1. The van der Waals surface area contributed by atoms with Crippen molar-refractivity contribution in [1.29, 1.82) is 0 Å². The van der Waals surface area contributed by atoms with E-state index in [4.69, 9.17) is 0 Å². The smallest absolute Gasteiger partial charge is 0.257 e. The fourth-order valence-corrected chi connectivity index (χ4v) is 2.92. The van der Waals surface area contributed by atoms with E-state index >= 15 is 0 Å². The first kappa shape index (κ1) is 16.4. The molecule has 1 amide bonds. The maximum atomic E-state index is 13.3. The van der Waals surface area contributed by atoms with Gasteiger partial charge in [0.1, 0.15) is 11.6 Å². The zero-order valence-electron chi connectivity index (χ0n) is 13.7. The lowest BCUT2D eigenvalue weighted by Crippen LogP contribution is -2.45. The summed E-state index contributed by atoms with van der Waals surface area (Å²) in [7, 11) is 0. The molecule has 1 unspecified atom stereocenters. The van der Waals surface area contributed by atoms with Crippen LogP contribution in [0.4, 0.5) is 10.1 Å². The van der Waals surface area contributed by atoms with Crippen LogP contribution in [0.5, 0.6) is 0 Å². The van der Waals surface area contributed by atoms with E-state index in [2.05, 4.69) is 15.3 Å². The van der Waals surface area contributed by atoms with Gasteiger partial charge in [0.05, 0.1) is 5.56 Å². The summed E-state index contributed by atoms with van der Waals surface area (Å²) in [4.78, 5) is 22.8. The Bertz CT molecular complexity index is 704. The van der Waals surface area contributed by atoms with Gasteiger partial charge in [-0.25, -0.2) is 14.4 Å². The fourth-order valence-electron chi connectivity index (χ4n) is 2.92. The molecule has 2 aromatic rings. The van der Waals surface area contributed by atoms with Crippen LogP contribution in [0.15, 0.2) is 36.7 Å². The van der Waals surface area contributed by atoms with Crippen molar-refractivity contribution in [2.24, 2.45) is 0 Å². The molecule has 1 aliphatic heterocycles. The average Bonchev–Trinajstić information content (AvgIpc) is 2.61. The maximum absolute atomic E-state index is 13.3. The third-order valence-corrected chi connectivity index (χ3v) is 4.17. The molecular formula is C18H21FN4O. The highest BCUT2D eigenvalue weighted by Crippen LogP contribution is 2.18. The van der Waals surface area contributed by atoms with Crippen molar-refractivity contribution in [3.8, 4) is 0 Å². The molecular weight excluding hydrogens is 307 g/mol. The molecule has 126 valence electrons. The quantitative estimate of drug-likeness (QED) is 0.937. The van der Waals surface area contributed by atoms with Gasteiger partial charge >= 0.3 is 0 Å². The molecule has 24 heavy (non-hydrogen) atoms. The zero-order valence-corrected chi connectivity index (χ0v) is 13.7. The van der Waals surface area contributed by atoms with Crippen LogP contribution < -0.4 is 5.32 Å². The lowest BCUT2D eigenvalue weighted by Gasteiger charge is -2.33. The third-order valence-electron chi connectivity index (χ3n) is 4.17. The monoisotopic (exact) mass is 328 g/mol. The van der Waals surface area contributed by atoms with Crippen molar-refractivity contribution in [2.45, 2.75) is 32.2 Å². The molecule has 2 heterocycles. The van der Waals surface area contributed by atoms with Crippen molar-refractivity contribution in [3.05, 3.63) is 53.9 Å². The molecule has 1 N–H and O–H groups in total. The molecule has 1 aromatic heterocycles. The largest absolute Gasteiger partial charge is 0.380 e. The fraction of sp³-hybridized carbons (Fsp3) is 0.389. The summed E-state index contributed by atoms with van der Waals surface area (Å²) in [5, 5.41) is 3.31. The Morgan fingerprint density at radius 3 is 2.88 bits per heavy atom. The number of hydrogen-bond donors (Lipinski definition) is 1. The molecule has 3 rings (SSSR count). The van der Waals surface area contributed by atoms with Crippen molar-refractivity contribution < 1.29 is 9.18 Å². The molecule has 1 fully saturated rings. The van der Waals surface area contributed by atoms with Crippen molar-refractivity contribution >= 4 is 11.6 Å². The molecule has 5 nitrogen and oxygen atoms in total. The first-order chi connectivity index (χ1) is 11.7. The Balaban J connectivity index is 1.64. The number of rotatable bonds is 4. The van der Waals surface area contributed by atoms with Crippen LogP contribution in [-0.4, -0.2) is 39.9 Å². The number of amides is 1. The van der Waals surface area contributed by atoms with Gasteiger partial charge in [0.25, 0.3) is 5.91 Å².